The van der Waals surface area contributed by atoms with E-state index in [1.807, 2.05) is 0 Å². The van der Waals surface area contributed by atoms with Crippen LogP contribution in [0.25, 0.3) is 5.69 Å². The lowest BCUT2D eigenvalue weighted by Crippen LogP contribution is -2.31. The SMILES string of the molecule is O=C(NCC1(CO)CC1)c1ccc(-n2cccn2)c(F)c1. The maximum Gasteiger partial charge on any atom is 0.251 e. The third-order valence-electron chi connectivity index (χ3n) is 3.88. The average molecular weight is 289 g/mol. The van der Waals surface area contributed by atoms with E-state index in [2.05, 4.69) is 10.4 Å². The van der Waals surface area contributed by atoms with Crippen LogP contribution in [0.15, 0.2) is 36.7 Å². The molecule has 0 atom stereocenters. The van der Waals surface area contributed by atoms with Gasteiger partial charge in [-0.15, -0.1) is 0 Å². The summed E-state index contributed by atoms with van der Waals surface area (Å²) in [5.41, 5.74) is 0.395. The van der Waals surface area contributed by atoms with Gasteiger partial charge in [-0.05, 0) is 37.1 Å². The molecule has 3 rings (SSSR count). The van der Waals surface area contributed by atoms with Crippen LogP contribution < -0.4 is 5.32 Å². The predicted molar refractivity (Wildman–Crippen MR) is 74.6 cm³/mol. The Morgan fingerprint density at radius 3 is 2.86 bits per heavy atom. The first-order valence-electron chi connectivity index (χ1n) is 6.82. The number of hydrogen-bond acceptors (Lipinski definition) is 3. The zero-order chi connectivity index (χ0) is 14.9. The number of amides is 1. The van der Waals surface area contributed by atoms with Crippen LogP contribution in [0.3, 0.4) is 0 Å². The fraction of sp³-hybridized carbons (Fsp3) is 0.333. The third kappa shape index (κ3) is 2.80. The number of halogens is 1. The second kappa shape index (κ2) is 5.29. The number of aliphatic hydroxyl groups is 1. The number of rotatable bonds is 5. The number of benzene rings is 1. The fourth-order valence-corrected chi connectivity index (χ4v) is 2.18. The van der Waals surface area contributed by atoms with Crippen molar-refractivity contribution < 1.29 is 14.3 Å². The molecule has 6 heteroatoms. The molecule has 0 spiro atoms. The van der Waals surface area contributed by atoms with Crippen LogP contribution >= 0.6 is 0 Å². The molecule has 1 amide bonds. The zero-order valence-corrected chi connectivity index (χ0v) is 11.4. The molecule has 2 N–H and O–H groups in total. The summed E-state index contributed by atoms with van der Waals surface area (Å²) in [5.74, 6) is -0.838. The first-order chi connectivity index (χ1) is 10.1. The summed E-state index contributed by atoms with van der Waals surface area (Å²) in [7, 11) is 0. The van der Waals surface area contributed by atoms with E-state index in [0.717, 1.165) is 12.8 Å². The van der Waals surface area contributed by atoms with E-state index in [9.17, 15) is 14.3 Å². The van der Waals surface area contributed by atoms with E-state index in [1.54, 1.807) is 24.5 Å². The van der Waals surface area contributed by atoms with Crippen molar-refractivity contribution in [2.75, 3.05) is 13.2 Å². The van der Waals surface area contributed by atoms with E-state index < -0.39 is 5.82 Å². The number of aliphatic hydroxyl groups excluding tert-OH is 1. The predicted octanol–water partition coefficient (Wildman–Crippen LogP) is 1.51. The van der Waals surface area contributed by atoms with E-state index in [4.69, 9.17) is 0 Å². The molecule has 0 saturated heterocycles. The Morgan fingerprint density at radius 1 is 1.48 bits per heavy atom. The summed E-state index contributed by atoms with van der Waals surface area (Å²) in [6.45, 7) is 0.491. The lowest BCUT2D eigenvalue weighted by Gasteiger charge is -2.13. The molecular formula is C15H16FN3O2. The van der Waals surface area contributed by atoms with Gasteiger partial charge in [0, 0.05) is 29.9 Å². The number of nitrogens with one attached hydrogen (secondary N) is 1. The van der Waals surface area contributed by atoms with Crippen LogP contribution in [0, 0.1) is 11.2 Å². The molecule has 21 heavy (non-hydrogen) atoms. The largest absolute Gasteiger partial charge is 0.396 e. The van der Waals surface area contributed by atoms with Crippen molar-refractivity contribution in [2.24, 2.45) is 5.41 Å². The maximum absolute atomic E-state index is 14.0. The van der Waals surface area contributed by atoms with Gasteiger partial charge in [0.05, 0.1) is 6.61 Å². The van der Waals surface area contributed by atoms with Crippen LogP contribution in [-0.4, -0.2) is 33.9 Å². The summed E-state index contributed by atoms with van der Waals surface area (Å²) < 4.78 is 15.5. The highest BCUT2D eigenvalue weighted by Crippen LogP contribution is 2.44. The molecule has 110 valence electrons. The first kappa shape index (κ1) is 13.8. The number of aromatic nitrogens is 2. The van der Waals surface area contributed by atoms with Crippen molar-refractivity contribution >= 4 is 5.91 Å². The third-order valence-corrected chi connectivity index (χ3v) is 3.88. The zero-order valence-electron chi connectivity index (χ0n) is 11.4. The summed E-state index contributed by atoms with van der Waals surface area (Å²) in [5, 5.41) is 15.9. The van der Waals surface area contributed by atoms with E-state index in [-0.39, 0.29) is 23.5 Å². The average Bonchev–Trinajstić information content (AvgIpc) is 3.08. The molecule has 5 nitrogen and oxygen atoms in total. The van der Waals surface area contributed by atoms with Crippen molar-refractivity contribution in [3.63, 3.8) is 0 Å². The summed E-state index contributed by atoms with van der Waals surface area (Å²) in [4.78, 5) is 12.0. The first-order valence-corrected chi connectivity index (χ1v) is 6.82. The smallest absolute Gasteiger partial charge is 0.251 e. The molecule has 0 bridgehead atoms. The quantitative estimate of drug-likeness (QED) is 0.877. The Kier molecular flexibility index (Phi) is 3.47. The molecule has 1 aliphatic rings. The van der Waals surface area contributed by atoms with Gasteiger partial charge in [0.1, 0.15) is 11.5 Å². The van der Waals surface area contributed by atoms with Gasteiger partial charge in [0.2, 0.25) is 0 Å². The van der Waals surface area contributed by atoms with Crippen molar-refractivity contribution in [1.82, 2.24) is 15.1 Å². The van der Waals surface area contributed by atoms with Gasteiger partial charge < -0.3 is 10.4 Å². The highest BCUT2D eigenvalue weighted by atomic mass is 19.1. The molecule has 2 aromatic rings. The maximum atomic E-state index is 14.0. The van der Waals surface area contributed by atoms with Crippen molar-refractivity contribution in [3.05, 3.63) is 48.0 Å². The van der Waals surface area contributed by atoms with Crippen LogP contribution in [0.2, 0.25) is 0 Å². The summed E-state index contributed by atoms with van der Waals surface area (Å²) in [6, 6.07) is 5.99. The Labute approximate surface area is 121 Å². The number of carbonyl (C=O) groups excluding carboxylic acids is 1. The van der Waals surface area contributed by atoms with Gasteiger partial charge in [-0.2, -0.15) is 5.10 Å². The highest BCUT2D eigenvalue weighted by Gasteiger charge is 2.42. The second-order valence-electron chi connectivity index (χ2n) is 5.46. The molecule has 1 aromatic carbocycles. The highest BCUT2D eigenvalue weighted by molar-refractivity contribution is 5.94. The van der Waals surface area contributed by atoms with Gasteiger partial charge in [0.15, 0.2) is 0 Å². The molecule has 1 heterocycles. The van der Waals surface area contributed by atoms with Gasteiger partial charge >= 0.3 is 0 Å². The van der Waals surface area contributed by atoms with Crippen molar-refractivity contribution in [1.29, 1.82) is 0 Å². The molecule has 0 radical (unpaired) electrons. The Bertz CT molecular complexity index is 651. The van der Waals surface area contributed by atoms with Crippen molar-refractivity contribution in [2.45, 2.75) is 12.8 Å². The minimum atomic E-state index is -0.505. The molecule has 1 aliphatic carbocycles. The fourth-order valence-electron chi connectivity index (χ4n) is 2.18. The summed E-state index contributed by atoms with van der Waals surface area (Å²) >= 11 is 0. The van der Waals surface area contributed by atoms with Crippen LogP contribution in [0.1, 0.15) is 23.2 Å². The number of nitrogens with zero attached hydrogens (tertiary/aromatic N) is 2. The van der Waals surface area contributed by atoms with Gasteiger partial charge in [-0.1, -0.05) is 0 Å². The molecule has 1 saturated carbocycles. The normalized spacial score (nSPS) is 15.7. The number of hydrogen-bond donors (Lipinski definition) is 2. The minimum Gasteiger partial charge on any atom is -0.396 e. The van der Waals surface area contributed by atoms with Gasteiger partial charge in [0.25, 0.3) is 5.91 Å². The minimum absolute atomic E-state index is 0.0693. The lowest BCUT2D eigenvalue weighted by molar-refractivity contribution is 0.0935. The van der Waals surface area contributed by atoms with Crippen molar-refractivity contribution in [3.8, 4) is 5.69 Å². The molecule has 1 aromatic heterocycles. The van der Waals surface area contributed by atoms with E-state index in [0.29, 0.717) is 12.2 Å². The van der Waals surface area contributed by atoms with Crippen LogP contribution in [0.4, 0.5) is 4.39 Å². The standard InChI is InChI=1S/C15H16FN3O2/c16-12-8-11(2-3-13(12)19-7-1-6-18-19)14(21)17-9-15(10-20)4-5-15/h1-3,6-8,20H,4-5,9-10H2,(H,17,21). The molecule has 1 fully saturated rings. The Balaban J connectivity index is 1.71. The molecular weight excluding hydrogens is 273 g/mol. The monoisotopic (exact) mass is 289 g/mol. The second-order valence-corrected chi connectivity index (χ2v) is 5.46. The van der Waals surface area contributed by atoms with Crippen LogP contribution in [-0.2, 0) is 0 Å². The van der Waals surface area contributed by atoms with E-state index >= 15 is 0 Å². The molecule has 0 unspecified atom stereocenters. The topological polar surface area (TPSA) is 67.2 Å². The summed E-state index contributed by atoms with van der Waals surface area (Å²) in [6.07, 6.45) is 5.02. The molecule has 0 aliphatic heterocycles. The van der Waals surface area contributed by atoms with Crippen LogP contribution in [0.5, 0.6) is 0 Å². The Morgan fingerprint density at radius 2 is 2.29 bits per heavy atom. The Hall–Kier alpha value is -2.21. The lowest BCUT2D eigenvalue weighted by atomic mass is 10.1. The van der Waals surface area contributed by atoms with Gasteiger partial charge in [-0.25, -0.2) is 9.07 Å². The van der Waals surface area contributed by atoms with Gasteiger partial charge in [-0.3, -0.25) is 4.79 Å². The van der Waals surface area contributed by atoms with E-state index in [1.165, 1.54) is 16.8 Å². The number of carbonyl (C=O) groups is 1.